The first-order valence-corrected chi connectivity index (χ1v) is 46.4. The highest BCUT2D eigenvalue weighted by atomic mass is 32.1. The minimum absolute atomic E-state index is 0.994. The number of nitrogens with zero attached hydrogens (tertiary/aromatic N) is 3. The van der Waals surface area contributed by atoms with E-state index in [0.29, 0.717) is 0 Å². The lowest BCUT2D eigenvalue weighted by Gasteiger charge is -2.14. The van der Waals surface area contributed by atoms with Crippen LogP contribution in [-0.2, 0) is 0 Å². The Labute approximate surface area is 754 Å². The number of hydrogen-bond donors (Lipinski definition) is 0. The van der Waals surface area contributed by atoms with E-state index in [-0.39, 0.29) is 0 Å². The van der Waals surface area contributed by atoms with Crippen LogP contribution in [0.4, 0.5) is 0 Å². The number of benzene rings is 22. The highest BCUT2D eigenvalue weighted by Gasteiger charge is 2.23. The average Bonchev–Trinajstić information content (AvgIpc) is 1.65. The van der Waals surface area contributed by atoms with Crippen LogP contribution in [0.2, 0.25) is 0 Å². The molecule has 0 aliphatic carbocycles. The summed E-state index contributed by atoms with van der Waals surface area (Å²) in [5.41, 5.74) is 15.7. The van der Waals surface area contributed by atoms with Crippen molar-refractivity contribution in [3.05, 3.63) is 443 Å². The van der Waals surface area contributed by atoms with Gasteiger partial charge >= 0.3 is 0 Å². The smallest absolute Gasteiger partial charge is 0.0888 e. The minimum Gasteiger partial charge on any atom is -0.255 e. The molecule has 0 aliphatic heterocycles. The fraction of sp³-hybridized carbons (Fsp3) is 0. The summed E-state index contributed by atoms with van der Waals surface area (Å²) in [6.07, 6.45) is 1.96. The molecule has 0 aliphatic rings. The van der Waals surface area contributed by atoms with Crippen LogP contribution in [-0.4, -0.2) is 15.0 Å². The van der Waals surface area contributed by atoms with Crippen molar-refractivity contribution in [2.24, 2.45) is 0 Å². The molecule has 3 nitrogen and oxygen atoms in total. The molecule has 0 bridgehead atoms. The van der Waals surface area contributed by atoms with Gasteiger partial charge in [-0.25, -0.2) is 9.97 Å². The normalized spacial score (nSPS) is 11.9. The second kappa shape index (κ2) is 30.5. The van der Waals surface area contributed by atoms with Gasteiger partial charge in [-0.15, -0.1) is 34.0 Å². The van der Waals surface area contributed by atoms with E-state index < -0.39 is 0 Å². The van der Waals surface area contributed by atoms with E-state index in [2.05, 4.69) is 437 Å². The van der Waals surface area contributed by atoms with Gasteiger partial charge in [-0.3, -0.25) is 4.98 Å². The molecule has 0 unspecified atom stereocenters. The van der Waals surface area contributed by atoms with Crippen LogP contribution in [0.1, 0.15) is 0 Å². The number of pyridine rings is 3. The predicted molar refractivity (Wildman–Crippen MR) is 560 cm³/mol. The number of thiophene rings is 3. The average molecular weight is 1690 g/mol. The molecule has 0 radical (unpaired) electrons. The second-order valence-electron chi connectivity index (χ2n) is 33.7. The molecule has 22 aromatic carbocycles. The maximum Gasteiger partial charge on any atom is 0.0888 e. The molecule has 129 heavy (non-hydrogen) atoms. The van der Waals surface area contributed by atoms with Crippen LogP contribution in [0.25, 0.3) is 268 Å². The topological polar surface area (TPSA) is 38.7 Å². The van der Waals surface area contributed by atoms with Crippen LogP contribution in [0.15, 0.2) is 443 Å². The summed E-state index contributed by atoms with van der Waals surface area (Å²) >= 11 is 5.50. The lowest BCUT2D eigenvalue weighted by molar-refractivity contribution is 1.36. The summed E-state index contributed by atoms with van der Waals surface area (Å²) in [4.78, 5) is 15.8. The molecule has 28 rings (SSSR count). The van der Waals surface area contributed by atoms with Crippen molar-refractivity contribution in [1.82, 2.24) is 15.0 Å². The zero-order valence-electron chi connectivity index (χ0n) is 69.7. The van der Waals surface area contributed by atoms with E-state index in [0.717, 1.165) is 56.3 Å². The zero-order chi connectivity index (χ0) is 84.7. The van der Waals surface area contributed by atoms with Crippen molar-refractivity contribution >= 4 is 224 Å². The first-order chi connectivity index (χ1) is 64.0. The van der Waals surface area contributed by atoms with Gasteiger partial charge in [0.05, 0.1) is 42.6 Å². The fourth-order valence-corrected chi connectivity index (χ4v) is 24.2. The molecule has 0 amide bonds. The molecule has 0 atom stereocenters. The van der Waals surface area contributed by atoms with Crippen LogP contribution < -0.4 is 0 Å². The lowest BCUT2D eigenvalue weighted by atomic mass is 9.91. The van der Waals surface area contributed by atoms with Crippen molar-refractivity contribution in [3.8, 4) is 78.5 Å². The Morgan fingerprint density at radius 3 is 0.798 bits per heavy atom. The summed E-state index contributed by atoms with van der Waals surface area (Å²) in [7, 11) is 0. The predicted octanol–water partition coefficient (Wildman–Crippen LogP) is 35.9. The Balaban J connectivity index is 0.000000103. The highest BCUT2D eigenvalue weighted by Crippen LogP contribution is 2.49. The Morgan fingerprint density at radius 1 is 0.132 bits per heavy atom. The molecule has 6 aromatic heterocycles. The molecule has 6 heterocycles. The maximum atomic E-state index is 5.55. The van der Waals surface area contributed by atoms with Crippen molar-refractivity contribution < 1.29 is 0 Å². The number of fused-ring (bicyclic) bond motifs is 33. The summed E-state index contributed by atoms with van der Waals surface area (Å²) in [6, 6.07) is 159. The van der Waals surface area contributed by atoms with E-state index in [1.54, 1.807) is 0 Å². The van der Waals surface area contributed by atoms with E-state index in [1.165, 1.54) is 212 Å². The van der Waals surface area contributed by atoms with Gasteiger partial charge in [-0.2, -0.15) is 0 Å². The molecule has 598 valence electrons. The first kappa shape index (κ1) is 74.5. The van der Waals surface area contributed by atoms with Crippen molar-refractivity contribution in [1.29, 1.82) is 0 Å². The van der Waals surface area contributed by atoms with Gasteiger partial charge in [0, 0.05) is 80.4 Å². The Bertz CT molecular complexity index is 9400. The largest absolute Gasteiger partial charge is 0.255 e. The molecular formula is C123H73N3S3. The van der Waals surface area contributed by atoms with E-state index >= 15 is 0 Å². The summed E-state index contributed by atoms with van der Waals surface area (Å²) in [5, 5.41) is 38.5. The third-order valence-electron chi connectivity index (χ3n) is 26.6. The molecule has 0 spiro atoms. The monoisotopic (exact) mass is 1690 g/mol. The highest BCUT2D eigenvalue weighted by molar-refractivity contribution is 7.27. The van der Waals surface area contributed by atoms with Gasteiger partial charge in [0.2, 0.25) is 0 Å². The Morgan fingerprint density at radius 2 is 0.388 bits per heavy atom. The third kappa shape index (κ3) is 12.4. The van der Waals surface area contributed by atoms with Crippen LogP contribution >= 0.6 is 34.0 Å². The maximum absolute atomic E-state index is 5.55. The number of aromatic nitrogens is 3. The van der Waals surface area contributed by atoms with Gasteiger partial charge in [0.1, 0.15) is 0 Å². The first-order valence-electron chi connectivity index (χ1n) is 44.0. The zero-order valence-corrected chi connectivity index (χ0v) is 72.2. The lowest BCUT2D eigenvalue weighted by Crippen LogP contribution is -1.91. The molecule has 0 saturated carbocycles. The summed E-state index contributed by atoms with van der Waals surface area (Å²) in [6.45, 7) is 0. The molecule has 0 saturated heterocycles. The summed E-state index contributed by atoms with van der Waals surface area (Å²) in [5.74, 6) is 0. The van der Waals surface area contributed by atoms with E-state index in [1.807, 2.05) is 40.2 Å². The summed E-state index contributed by atoms with van der Waals surface area (Å²) < 4.78 is 7.57. The fourth-order valence-electron chi connectivity index (χ4n) is 20.6. The van der Waals surface area contributed by atoms with Gasteiger partial charge < -0.3 is 0 Å². The standard InChI is InChI=1S/C47H27NS.C41H25NS.C35H21NS/c1-3-15-34-30(11-1)32-13-5-7-17-36(32)41-25-28(21-23-38(34)41)44-27-43-40-19-9-10-20-45(40)49-47(43)46(48-44)29-22-24-39-35-16-4-2-12-31(35)33-14-6-8-18-37(33)42(39)26-29;1-2-9-26(10-3-1)28-18-20-39-38(25-28)36-21-22-42-40(41(36)43-39)30-12-8-11-27(23-30)29-17-19-35-33-15-5-4-13-31(33)32-14-6-7-16-34(32)37(35)24-29;1-2-10-22(11-3-1)34-35-31(29-16-8-9-17-33(29)37-35)21-32(36-34)23-18-19-28-26-14-5-4-12-24(26)25-13-6-7-15-27(25)30(28)20-23/h1-27H;1-25H;1-21H. The van der Waals surface area contributed by atoms with Crippen LogP contribution in [0.5, 0.6) is 0 Å². The van der Waals surface area contributed by atoms with Crippen LogP contribution in [0, 0.1) is 0 Å². The van der Waals surface area contributed by atoms with E-state index in [9.17, 15) is 0 Å². The second-order valence-corrected chi connectivity index (χ2v) is 36.9. The van der Waals surface area contributed by atoms with Gasteiger partial charge in [0.25, 0.3) is 0 Å². The van der Waals surface area contributed by atoms with Crippen molar-refractivity contribution in [2.45, 2.75) is 0 Å². The SMILES string of the molecule is c1ccc(-c2ccc3sc4c(-c5cccc(-c6ccc7c8ccccc8c8ccccc8c7c6)c5)nccc4c3c2)cc1.c1ccc(-c2nc(-c3ccc4c5ccccc5c5ccccc5c4c3)cc3c2sc2ccccc23)cc1.c1ccc2c(c1)sc1c(-c3ccc4c5ccccc5c5ccccc5c4c3)nc(-c3ccc4c5ccccc5c5ccccc5c4c3)cc12. The van der Waals surface area contributed by atoms with Crippen molar-refractivity contribution in [2.75, 3.05) is 0 Å². The molecule has 6 heteroatoms. The number of hydrogen-bond acceptors (Lipinski definition) is 6. The van der Waals surface area contributed by atoms with E-state index in [4.69, 9.17) is 15.0 Å². The molecular weight excluding hydrogens is 1620 g/mol. The minimum atomic E-state index is 0.994. The Kier molecular flexibility index (Phi) is 17.6. The molecule has 28 aromatic rings. The Hall–Kier alpha value is -15.9. The molecule has 0 fully saturated rings. The van der Waals surface area contributed by atoms with Gasteiger partial charge in [0.15, 0.2) is 0 Å². The van der Waals surface area contributed by atoms with Gasteiger partial charge in [-0.1, -0.05) is 364 Å². The third-order valence-corrected chi connectivity index (χ3v) is 30.2. The van der Waals surface area contributed by atoms with Crippen LogP contribution in [0.3, 0.4) is 0 Å². The van der Waals surface area contributed by atoms with Crippen molar-refractivity contribution in [3.63, 3.8) is 0 Å². The number of rotatable bonds is 7. The van der Waals surface area contributed by atoms with Gasteiger partial charge in [-0.05, 0) is 224 Å². The quantitative estimate of drug-likeness (QED) is 0.149. The molecule has 0 N–H and O–H groups in total.